The fraction of sp³-hybridized carbons (Fsp3) is 0.471. The van der Waals surface area contributed by atoms with E-state index in [1.807, 2.05) is 30.3 Å². The number of carbonyl (C=O) groups excluding carboxylic acids is 2. The Morgan fingerprint density at radius 1 is 1.19 bits per heavy atom. The number of rotatable bonds is 5. The standard InChI is InChI=1S/C12H15NO.C5H6F3NO4/c14-12(10-4-2-1-3-5-10)11-6-8-13-9-7-11;6-5(7,8)4(12)13-1-2(9)3(10)11/h1-5,11,13H,6-9H2;2H,1,9H2,(H,10,11)/t;2-/m.1/s1. The highest BCUT2D eigenvalue weighted by molar-refractivity contribution is 5.97. The molecule has 1 saturated heterocycles. The topological polar surface area (TPSA) is 119 Å². The Labute approximate surface area is 153 Å². The monoisotopic (exact) mass is 390 g/mol. The van der Waals surface area contributed by atoms with Crippen LogP contribution in [0.15, 0.2) is 30.3 Å². The highest BCUT2D eigenvalue weighted by atomic mass is 19.4. The van der Waals surface area contributed by atoms with Crippen molar-refractivity contribution in [1.29, 1.82) is 0 Å². The van der Waals surface area contributed by atoms with Crippen LogP contribution in [-0.2, 0) is 14.3 Å². The van der Waals surface area contributed by atoms with Crippen LogP contribution in [-0.4, -0.2) is 54.7 Å². The van der Waals surface area contributed by atoms with Crippen LogP contribution in [0.5, 0.6) is 0 Å². The molecule has 27 heavy (non-hydrogen) atoms. The smallest absolute Gasteiger partial charge is 0.480 e. The zero-order valence-electron chi connectivity index (χ0n) is 14.4. The molecule has 7 nitrogen and oxygen atoms in total. The molecule has 0 aromatic heterocycles. The number of ether oxygens (including phenoxy) is 1. The van der Waals surface area contributed by atoms with Gasteiger partial charge in [-0.05, 0) is 25.9 Å². The second-order valence-electron chi connectivity index (χ2n) is 5.80. The zero-order chi connectivity index (χ0) is 20.4. The molecule has 1 fully saturated rings. The first-order valence-corrected chi connectivity index (χ1v) is 8.15. The van der Waals surface area contributed by atoms with Crippen LogP contribution in [0.4, 0.5) is 13.2 Å². The number of nitrogens with two attached hydrogens (primary N) is 1. The first-order valence-electron chi connectivity index (χ1n) is 8.15. The number of alkyl halides is 3. The van der Waals surface area contributed by atoms with Gasteiger partial charge in [-0.2, -0.15) is 13.2 Å². The van der Waals surface area contributed by atoms with Gasteiger partial charge in [0.25, 0.3) is 0 Å². The van der Waals surface area contributed by atoms with Crippen LogP contribution < -0.4 is 11.1 Å². The quantitative estimate of drug-likeness (QED) is 0.513. The fourth-order valence-electron chi connectivity index (χ4n) is 2.24. The van der Waals surface area contributed by atoms with Gasteiger partial charge in [-0.1, -0.05) is 30.3 Å². The Morgan fingerprint density at radius 3 is 2.22 bits per heavy atom. The fourth-order valence-corrected chi connectivity index (χ4v) is 2.24. The number of ketones is 1. The third kappa shape index (κ3) is 8.18. The molecule has 1 heterocycles. The molecule has 150 valence electrons. The molecule has 1 aromatic carbocycles. The lowest BCUT2D eigenvalue weighted by atomic mass is 9.90. The van der Waals surface area contributed by atoms with E-state index in [0.29, 0.717) is 5.78 Å². The van der Waals surface area contributed by atoms with Crippen molar-refractivity contribution in [2.24, 2.45) is 11.7 Å². The molecular weight excluding hydrogens is 369 g/mol. The lowest BCUT2D eigenvalue weighted by Gasteiger charge is -2.21. The van der Waals surface area contributed by atoms with Crippen LogP contribution in [0.3, 0.4) is 0 Å². The predicted octanol–water partition coefficient (Wildman–Crippen LogP) is 1.37. The van der Waals surface area contributed by atoms with E-state index in [9.17, 15) is 27.6 Å². The van der Waals surface area contributed by atoms with E-state index in [1.54, 1.807) is 0 Å². The molecule has 4 N–H and O–H groups in total. The Bertz CT molecular complexity index is 631. The molecule has 0 aliphatic carbocycles. The lowest BCUT2D eigenvalue weighted by Crippen LogP contribution is -2.38. The van der Waals surface area contributed by atoms with Crippen LogP contribution in [0.1, 0.15) is 23.2 Å². The Hall–Kier alpha value is -2.46. The summed E-state index contributed by atoms with van der Waals surface area (Å²) in [5.74, 6) is -3.45. The summed E-state index contributed by atoms with van der Waals surface area (Å²) in [6, 6.07) is 7.96. The van der Waals surface area contributed by atoms with Crippen molar-refractivity contribution in [2.75, 3.05) is 19.7 Å². The maximum absolute atomic E-state index is 12.0. The van der Waals surface area contributed by atoms with Crippen molar-refractivity contribution in [3.05, 3.63) is 35.9 Å². The summed E-state index contributed by atoms with van der Waals surface area (Å²) in [5, 5.41) is 11.4. The molecule has 1 aliphatic heterocycles. The number of hydrogen-bond donors (Lipinski definition) is 3. The molecule has 2 rings (SSSR count). The first kappa shape index (κ1) is 22.6. The van der Waals surface area contributed by atoms with E-state index in [1.165, 1.54) is 0 Å². The summed E-state index contributed by atoms with van der Waals surface area (Å²) in [6.45, 7) is 0.945. The highest BCUT2D eigenvalue weighted by Gasteiger charge is 2.41. The molecule has 0 radical (unpaired) electrons. The summed E-state index contributed by atoms with van der Waals surface area (Å²) >= 11 is 0. The number of aliphatic carboxylic acids is 1. The van der Waals surface area contributed by atoms with Gasteiger partial charge in [0.2, 0.25) is 0 Å². The number of piperidine rings is 1. The van der Waals surface area contributed by atoms with Gasteiger partial charge in [-0.15, -0.1) is 0 Å². The van der Waals surface area contributed by atoms with Crippen molar-refractivity contribution in [3.8, 4) is 0 Å². The maximum Gasteiger partial charge on any atom is 0.490 e. The van der Waals surface area contributed by atoms with E-state index >= 15 is 0 Å². The molecule has 1 atom stereocenters. The minimum Gasteiger partial charge on any atom is -0.480 e. The number of carboxylic acids is 1. The molecule has 10 heteroatoms. The van der Waals surface area contributed by atoms with E-state index in [0.717, 1.165) is 31.5 Å². The summed E-state index contributed by atoms with van der Waals surface area (Å²) < 4.78 is 37.9. The molecule has 0 unspecified atom stereocenters. The number of hydrogen-bond acceptors (Lipinski definition) is 6. The Morgan fingerprint density at radius 2 is 1.74 bits per heavy atom. The van der Waals surface area contributed by atoms with E-state index < -0.39 is 30.8 Å². The molecule has 0 saturated carbocycles. The van der Waals surface area contributed by atoms with Crippen LogP contribution in [0.2, 0.25) is 0 Å². The molecule has 1 aromatic rings. The van der Waals surface area contributed by atoms with Crippen LogP contribution in [0, 0.1) is 5.92 Å². The van der Waals surface area contributed by atoms with Gasteiger partial charge >= 0.3 is 18.1 Å². The third-order valence-corrected chi connectivity index (χ3v) is 3.71. The van der Waals surface area contributed by atoms with Crippen LogP contribution >= 0.6 is 0 Å². The second kappa shape index (κ2) is 10.6. The SMILES string of the molecule is N[C@H](COC(=O)C(F)(F)F)C(=O)O.O=C(c1ccccc1)C1CCNCC1. The van der Waals surface area contributed by atoms with E-state index in [-0.39, 0.29) is 5.92 Å². The normalized spacial score (nSPS) is 15.9. The average Bonchev–Trinajstić information content (AvgIpc) is 2.66. The van der Waals surface area contributed by atoms with Gasteiger partial charge in [0.1, 0.15) is 12.6 Å². The summed E-state index contributed by atoms with van der Waals surface area (Å²) in [5.41, 5.74) is 5.62. The lowest BCUT2D eigenvalue weighted by molar-refractivity contribution is -0.200. The van der Waals surface area contributed by atoms with Gasteiger partial charge in [0.05, 0.1) is 0 Å². The van der Waals surface area contributed by atoms with Crippen molar-refractivity contribution in [3.63, 3.8) is 0 Å². The summed E-state index contributed by atoms with van der Waals surface area (Å²) in [6.07, 6.45) is -3.17. The maximum atomic E-state index is 12.0. The Balaban J connectivity index is 0.000000271. The highest BCUT2D eigenvalue weighted by Crippen LogP contribution is 2.18. The number of Topliss-reactive ketones (excluding diaryl/α,β-unsaturated/α-hetero) is 1. The number of carboxylic acid groups (broad SMARTS) is 1. The first-order chi connectivity index (χ1) is 12.6. The van der Waals surface area contributed by atoms with Gasteiger partial charge in [-0.25, -0.2) is 4.79 Å². The minimum atomic E-state index is -5.13. The predicted molar refractivity (Wildman–Crippen MR) is 89.0 cm³/mol. The zero-order valence-corrected chi connectivity index (χ0v) is 14.4. The molecule has 1 aliphatic rings. The Kier molecular flexibility index (Phi) is 8.89. The molecule has 0 bridgehead atoms. The number of benzene rings is 1. The summed E-state index contributed by atoms with van der Waals surface area (Å²) in [7, 11) is 0. The van der Waals surface area contributed by atoms with Crippen molar-refractivity contribution in [1.82, 2.24) is 5.32 Å². The molecule has 0 spiro atoms. The molecular formula is C17H21F3N2O5. The molecule has 0 amide bonds. The van der Waals surface area contributed by atoms with Gasteiger partial charge in [-0.3, -0.25) is 9.59 Å². The average molecular weight is 390 g/mol. The van der Waals surface area contributed by atoms with Crippen molar-refractivity contribution < 1.29 is 37.4 Å². The van der Waals surface area contributed by atoms with E-state index in [2.05, 4.69) is 10.1 Å². The van der Waals surface area contributed by atoms with Gasteiger partial charge < -0.3 is 20.9 Å². The summed E-state index contributed by atoms with van der Waals surface area (Å²) in [4.78, 5) is 31.9. The number of carbonyl (C=O) groups is 3. The largest absolute Gasteiger partial charge is 0.490 e. The van der Waals surface area contributed by atoms with Crippen molar-refractivity contribution >= 4 is 17.7 Å². The number of halogens is 3. The van der Waals surface area contributed by atoms with Gasteiger partial charge in [0, 0.05) is 11.5 Å². The van der Waals surface area contributed by atoms with Crippen LogP contribution in [0.25, 0.3) is 0 Å². The second-order valence-corrected chi connectivity index (χ2v) is 5.80. The van der Waals surface area contributed by atoms with E-state index in [4.69, 9.17) is 10.8 Å². The minimum absolute atomic E-state index is 0.235. The van der Waals surface area contributed by atoms with Gasteiger partial charge in [0.15, 0.2) is 5.78 Å². The number of esters is 1. The third-order valence-electron chi connectivity index (χ3n) is 3.71. The van der Waals surface area contributed by atoms with Crippen molar-refractivity contribution in [2.45, 2.75) is 25.1 Å². The number of nitrogens with one attached hydrogen (secondary N) is 1.